The molecule has 7 heteroatoms. The van der Waals surface area contributed by atoms with E-state index in [0.29, 0.717) is 45.0 Å². The molecule has 1 unspecified atom stereocenters. The summed E-state index contributed by atoms with van der Waals surface area (Å²) in [4.78, 5) is 30.9. The van der Waals surface area contributed by atoms with Gasteiger partial charge in [0.1, 0.15) is 5.69 Å². The summed E-state index contributed by atoms with van der Waals surface area (Å²) in [6.07, 6.45) is 3.16. The largest absolute Gasteiger partial charge is 0.378 e. The van der Waals surface area contributed by atoms with Gasteiger partial charge in [0.25, 0.3) is 5.91 Å². The number of carbonyl (C=O) groups is 2. The van der Waals surface area contributed by atoms with E-state index < -0.39 is 0 Å². The lowest BCUT2D eigenvalue weighted by Crippen LogP contribution is -2.45. The van der Waals surface area contributed by atoms with Gasteiger partial charge in [-0.3, -0.25) is 9.59 Å². The van der Waals surface area contributed by atoms with Crippen LogP contribution in [0.25, 0.3) is 0 Å². The van der Waals surface area contributed by atoms with Gasteiger partial charge < -0.3 is 19.5 Å². The molecule has 0 radical (unpaired) electrons. The second kappa shape index (κ2) is 6.70. The Morgan fingerprint density at radius 3 is 2.78 bits per heavy atom. The van der Waals surface area contributed by atoms with Crippen molar-refractivity contribution in [3.8, 4) is 0 Å². The molecular formula is C16H24N4O3. The Balaban J connectivity index is 1.68. The van der Waals surface area contributed by atoms with Gasteiger partial charge in [0.05, 0.1) is 31.2 Å². The van der Waals surface area contributed by atoms with E-state index in [-0.39, 0.29) is 23.8 Å². The summed E-state index contributed by atoms with van der Waals surface area (Å²) in [5.74, 6) is 0.0309. The van der Waals surface area contributed by atoms with Gasteiger partial charge in [-0.05, 0) is 26.7 Å². The molecular weight excluding hydrogens is 296 g/mol. The number of hydrogen-bond acceptors (Lipinski definition) is 4. The Morgan fingerprint density at radius 2 is 2.09 bits per heavy atom. The third-order valence-corrected chi connectivity index (χ3v) is 4.40. The summed E-state index contributed by atoms with van der Waals surface area (Å²) >= 11 is 0. The van der Waals surface area contributed by atoms with Crippen molar-refractivity contribution in [3.05, 3.63) is 17.7 Å². The van der Waals surface area contributed by atoms with Gasteiger partial charge in [-0.15, -0.1) is 0 Å². The molecule has 1 saturated heterocycles. The summed E-state index contributed by atoms with van der Waals surface area (Å²) in [6, 6.07) is 0.0825. The average molecular weight is 320 g/mol. The van der Waals surface area contributed by atoms with Crippen molar-refractivity contribution in [1.82, 2.24) is 19.8 Å². The van der Waals surface area contributed by atoms with Crippen LogP contribution in [0.15, 0.2) is 6.33 Å². The van der Waals surface area contributed by atoms with Crippen LogP contribution in [0.2, 0.25) is 0 Å². The van der Waals surface area contributed by atoms with Crippen LogP contribution in [0, 0.1) is 5.92 Å². The lowest BCUT2D eigenvalue weighted by atomic mass is 9.95. The number of nitrogens with one attached hydrogen (secondary N) is 1. The van der Waals surface area contributed by atoms with Gasteiger partial charge >= 0.3 is 0 Å². The zero-order chi connectivity index (χ0) is 16.4. The van der Waals surface area contributed by atoms with Crippen LogP contribution in [-0.2, 0) is 22.5 Å². The van der Waals surface area contributed by atoms with Crippen LogP contribution >= 0.6 is 0 Å². The maximum atomic E-state index is 12.6. The number of hydrogen-bond donors (Lipinski definition) is 1. The third kappa shape index (κ3) is 3.39. The molecule has 3 heterocycles. The Bertz CT molecular complexity index is 590. The van der Waals surface area contributed by atoms with E-state index in [1.807, 2.05) is 23.3 Å². The fraction of sp³-hybridized carbons (Fsp3) is 0.688. The van der Waals surface area contributed by atoms with E-state index >= 15 is 0 Å². The highest BCUT2D eigenvalue weighted by atomic mass is 16.5. The van der Waals surface area contributed by atoms with E-state index in [9.17, 15) is 9.59 Å². The predicted molar refractivity (Wildman–Crippen MR) is 84.0 cm³/mol. The highest BCUT2D eigenvalue weighted by molar-refractivity contribution is 5.93. The minimum Gasteiger partial charge on any atom is -0.378 e. The fourth-order valence-corrected chi connectivity index (χ4v) is 3.23. The van der Waals surface area contributed by atoms with Gasteiger partial charge in [0, 0.05) is 25.7 Å². The van der Waals surface area contributed by atoms with Crippen molar-refractivity contribution in [2.75, 3.05) is 26.3 Å². The third-order valence-electron chi connectivity index (χ3n) is 4.40. The SMILES string of the molecule is CC(C)NC(=O)c1ncn2c1CCC(C(=O)N1CCOCC1)C2. The zero-order valence-corrected chi connectivity index (χ0v) is 13.7. The molecule has 2 aliphatic rings. The molecule has 0 spiro atoms. The van der Waals surface area contributed by atoms with Crippen molar-refractivity contribution in [1.29, 1.82) is 0 Å². The first-order valence-corrected chi connectivity index (χ1v) is 8.27. The summed E-state index contributed by atoms with van der Waals surface area (Å²) in [5.41, 5.74) is 1.44. The molecule has 0 aromatic carbocycles. The summed E-state index contributed by atoms with van der Waals surface area (Å²) < 4.78 is 7.26. The normalized spacial score (nSPS) is 21.2. The summed E-state index contributed by atoms with van der Waals surface area (Å²) in [6.45, 7) is 7.05. The molecule has 1 fully saturated rings. The number of morpholine rings is 1. The van der Waals surface area contributed by atoms with Gasteiger partial charge in [0.2, 0.25) is 5.91 Å². The maximum Gasteiger partial charge on any atom is 0.271 e. The Hall–Kier alpha value is -1.89. The monoisotopic (exact) mass is 320 g/mol. The lowest BCUT2D eigenvalue weighted by Gasteiger charge is -2.32. The first kappa shape index (κ1) is 16.0. The smallest absolute Gasteiger partial charge is 0.271 e. The standard InChI is InChI=1S/C16H24N4O3/c1-11(2)18-15(21)14-13-4-3-12(9-20(13)10-17-14)16(22)19-5-7-23-8-6-19/h10-12H,3-9H2,1-2H3,(H,18,21). The molecule has 7 nitrogen and oxygen atoms in total. The Labute approximate surface area is 136 Å². The van der Waals surface area contributed by atoms with Crippen LogP contribution in [-0.4, -0.2) is 58.6 Å². The molecule has 1 N–H and O–H groups in total. The lowest BCUT2D eigenvalue weighted by molar-refractivity contribution is -0.140. The first-order valence-electron chi connectivity index (χ1n) is 8.27. The molecule has 3 rings (SSSR count). The van der Waals surface area contributed by atoms with Crippen molar-refractivity contribution in [3.63, 3.8) is 0 Å². The number of nitrogens with zero attached hydrogens (tertiary/aromatic N) is 3. The second-order valence-corrected chi connectivity index (χ2v) is 6.49. The zero-order valence-electron chi connectivity index (χ0n) is 13.7. The number of amides is 2. The van der Waals surface area contributed by atoms with E-state index in [1.54, 1.807) is 6.33 Å². The fourth-order valence-electron chi connectivity index (χ4n) is 3.23. The van der Waals surface area contributed by atoms with Crippen LogP contribution in [0.3, 0.4) is 0 Å². The molecule has 0 saturated carbocycles. The number of aromatic nitrogens is 2. The molecule has 1 aromatic rings. The van der Waals surface area contributed by atoms with Crippen molar-refractivity contribution in [2.24, 2.45) is 5.92 Å². The number of rotatable bonds is 3. The average Bonchev–Trinajstić information content (AvgIpc) is 2.97. The molecule has 2 aliphatic heterocycles. The molecule has 1 atom stereocenters. The van der Waals surface area contributed by atoms with Crippen molar-refractivity contribution in [2.45, 2.75) is 39.3 Å². The van der Waals surface area contributed by atoms with E-state index in [0.717, 1.165) is 12.1 Å². The molecule has 1 aromatic heterocycles. The van der Waals surface area contributed by atoms with Crippen molar-refractivity contribution >= 4 is 11.8 Å². The van der Waals surface area contributed by atoms with Crippen LogP contribution in [0.5, 0.6) is 0 Å². The Morgan fingerprint density at radius 1 is 1.35 bits per heavy atom. The molecule has 126 valence electrons. The number of ether oxygens (including phenoxy) is 1. The molecule has 0 aliphatic carbocycles. The summed E-state index contributed by atoms with van der Waals surface area (Å²) in [7, 11) is 0. The highest BCUT2D eigenvalue weighted by Crippen LogP contribution is 2.24. The van der Waals surface area contributed by atoms with E-state index in [4.69, 9.17) is 4.74 Å². The predicted octanol–water partition coefficient (Wildman–Crippen LogP) is 0.443. The van der Waals surface area contributed by atoms with Gasteiger partial charge in [-0.1, -0.05) is 0 Å². The minimum absolute atomic E-state index is 0.0317. The van der Waals surface area contributed by atoms with Gasteiger partial charge in [-0.25, -0.2) is 4.98 Å². The van der Waals surface area contributed by atoms with E-state index in [2.05, 4.69) is 10.3 Å². The van der Waals surface area contributed by atoms with Crippen molar-refractivity contribution < 1.29 is 14.3 Å². The minimum atomic E-state index is -0.133. The number of imidazole rings is 1. The quantitative estimate of drug-likeness (QED) is 0.877. The first-order chi connectivity index (χ1) is 11.1. The number of carbonyl (C=O) groups excluding carboxylic acids is 2. The topological polar surface area (TPSA) is 76.5 Å². The van der Waals surface area contributed by atoms with Gasteiger partial charge in [-0.2, -0.15) is 0 Å². The molecule has 23 heavy (non-hydrogen) atoms. The molecule has 2 amide bonds. The summed E-state index contributed by atoms with van der Waals surface area (Å²) in [5, 5.41) is 2.88. The van der Waals surface area contributed by atoms with Gasteiger partial charge in [0.15, 0.2) is 0 Å². The maximum absolute atomic E-state index is 12.6. The highest BCUT2D eigenvalue weighted by Gasteiger charge is 2.31. The van der Waals surface area contributed by atoms with Crippen LogP contribution < -0.4 is 5.32 Å². The second-order valence-electron chi connectivity index (χ2n) is 6.49. The Kier molecular flexibility index (Phi) is 4.66. The molecule has 0 bridgehead atoms. The van der Waals surface area contributed by atoms with Crippen LogP contribution in [0.1, 0.15) is 36.5 Å². The number of fused-ring (bicyclic) bond motifs is 1. The van der Waals surface area contributed by atoms with E-state index in [1.165, 1.54) is 0 Å². The van der Waals surface area contributed by atoms with Crippen LogP contribution in [0.4, 0.5) is 0 Å².